The second kappa shape index (κ2) is 5.59. The molecule has 0 saturated heterocycles. The van der Waals surface area contributed by atoms with E-state index in [4.69, 9.17) is 5.73 Å². The Labute approximate surface area is 109 Å². The maximum Gasteiger partial charge on any atom is 0.226 e. The lowest BCUT2D eigenvalue weighted by molar-refractivity contribution is -0.120. The molecular weight excluding hydrogens is 248 g/mol. The van der Waals surface area contributed by atoms with Gasteiger partial charge in [-0.2, -0.15) is 0 Å². The summed E-state index contributed by atoms with van der Waals surface area (Å²) in [5.41, 5.74) is 7.71. The van der Waals surface area contributed by atoms with Crippen LogP contribution in [0.5, 0.6) is 0 Å². The fourth-order valence-electron chi connectivity index (χ4n) is 1.45. The van der Waals surface area contributed by atoms with Crippen molar-refractivity contribution in [3.8, 4) is 0 Å². The van der Waals surface area contributed by atoms with Gasteiger partial charge in [-0.05, 0) is 19.1 Å². The van der Waals surface area contributed by atoms with E-state index < -0.39 is 0 Å². The first-order chi connectivity index (χ1) is 8.63. The number of hydrogen-bond acceptors (Lipinski definition) is 5. The number of amides is 1. The number of thiazole rings is 1. The predicted molar refractivity (Wildman–Crippen MR) is 71.1 cm³/mol. The predicted octanol–water partition coefficient (Wildman–Crippen LogP) is 1.29. The third-order valence-electron chi connectivity index (χ3n) is 2.32. The lowest BCUT2D eigenvalue weighted by Crippen LogP contribution is -2.25. The van der Waals surface area contributed by atoms with E-state index in [-0.39, 0.29) is 12.3 Å². The van der Waals surface area contributed by atoms with Gasteiger partial charge in [0.2, 0.25) is 5.91 Å². The van der Waals surface area contributed by atoms with Gasteiger partial charge in [-0.15, -0.1) is 11.3 Å². The molecule has 0 unspecified atom stereocenters. The van der Waals surface area contributed by atoms with Gasteiger partial charge in [-0.3, -0.25) is 9.78 Å². The van der Waals surface area contributed by atoms with Gasteiger partial charge in [-0.25, -0.2) is 4.98 Å². The number of nitrogens with zero attached hydrogens (tertiary/aromatic N) is 2. The van der Waals surface area contributed by atoms with Crippen molar-refractivity contribution >= 4 is 22.9 Å². The first-order valence-electron chi connectivity index (χ1n) is 5.51. The van der Waals surface area contributed by atoms with Crippen molar-refractivity contribution in [3.63, 3.8) is 0 Å². The van der Waals surface area contributed by atoms with E-state index in [0.29, 0.717) is 17.9 Å². The molecule has 0 bridgehead atoms. The number of nitrogens with one attached hydrogen (secondary N) is 1. The zero-order chi connectivity index (χ0) is 13.0. The molecule has 1 amide bonds. The van der Waals surface area contributed by atoms with Gasteiger partial charge < -0.3 is 11.1 Å². The molecule has 0 spiro atoms. The molecule has 0 radical (unpaired) electrons. The number of aromatic nitrogens is 2. The SMILES string of the molecule is Cc1nc(CNC(=O)Cc2ccc(N)cn2)cs1. The number of pyridine rings is 1. The van der Waals surface area contributed by atoms with Gasteiger partial charge in [0.05, 0.1) is 35.6 Å². The fourth-order valence-corrected chi connectivity index (χ4v) is 2.06. The Morgan fingerprint density at radius 3 is 2.89 bits per heavy atom. The van der Waals surface area contributed by atoms with Crippen molar-refractivity contribution in [2.75, 3.05) is 5.73 Å². The molecule has 18 heavy (non-hydrogen) atoms. The summed E-state index contributed by atoms with van der Waals surface area (Å²) in [6.07, 6.45) is 1.80. The van der Waals surface area contributed by atoms with Crippen LogP contribution in [0.4, 0.5) is 5.69 Å². The van der Waals surface area contributed by atoms with Crippen molar-refractivity contribution in [3.05, 3.63) is 40.1 Å². The van der Waals surface area contributed by atoms with Crippen molar-refractivity contribution < 1.29 is 4.79 Å². The molecular formula is C12H14N4OS. The Balaban J connectivity index is 1.83. The Morgan fingerprint density at radius 2 is 2.28 bits per heavy atom. The number of hydrogen-bond donors (Lipinski definition) is 2. The second-order valence-electron chi connectivity index (χ2n) is 3.89. The van der Waals surface area contributed by atoms with Gasteiger partial charge in [-0.1, -0.05) is 0 Å². The highest BCUT2D eigenvalue weighted by Gasteiger charge is 2.05. The largest absolute Gasteiger partial charge is 0.397 e. The van der Waals surface area contributed by atoms with Crippen LogP contribution in [-0.4, -0.2) is 15.9 Å². The Morgan fingerprint density at radius 1 is 1.44 bits per heavy atom. The number of anilines is 1. The third kappa shape index (κ3) is 3.53. The fraction of sp³-hybridized carbons (Fsp3) is 0.250. The zero-order valence-electron chi connectivity index (χ0n) is 10.0. The molecule has 0 saturated carbocycles. The van der Waals surface area contributed by atoms with Gasteiger partial charge >= 0.3 is 0 Å². The quantitative estimate of drug-likeness (QED) is 0.870. The van der Waals surface area contributed by atoms with Crippen LogP contribution in [0.25, 0.3) is 0 Å². The molecule has 5 nitrogen and oxygen atoms in total. The van der Waals surface area contributed by atoms with Crippen LogP contribution in [0.1, 0.15) is 16.4 Å². The van der Waals surface area contributed by atoms with Crippen molar-refractivity contribution in [1.29, 1.82) is 0 Å². The molecule has 0 aromatic carbocycles. The highest BCUT2D eigenvalue weighted by Crippen LogP contribution is 2.07. The van der Waals surface area contributed by atoms with Crippen molar-refractivity contribution in [2.24, 2.45) is 0 Å². The van der Waals surface area contributed by atoms with E-state index in [0.717, 1.165) is 10.7 Å². The first-order valence-corrected chi connectivity index (χ1v) is 6.39. The van der Waals surface area contributed by atoms with Crippen LogP contribution in [0.15, 0.2) is 23.7 Å². The monoisotopic (exact) mass is 262 g/mol. The maximum absolute atomic E-state index is 11.7. The topological polar surface area (TPSA) is 80.9 Å². The molecule has 2 aromatic heterocycles. The molecule has 2 heterocycles. The van der Waals surface area contributed by atoms with E-state index in [1.165, 1.54) is 0 Å². The Hall–Kier alpha value is -1.95. The van der Waals surface area contributed by atoms with Crippen LogP contribution >= 0.6 is 11.3 Å². The molecule has 2 rings (SSSR count). The minimum Gasteiger partial charge on any atom is -0.397 e. The minimum absolute atomic E-state index is 0.0714. The molecule has 2 aromatic rings. The minimum atomic E-state index is -0.0714. The molecule has 94 valence electrons. The highest BCUT2D eigenvalue weighted by atomic mass is 32.1. The number of aryl methyl sites for hydroxylation is 1. The van der Waals surface area contributed by atoms with E-state index >= 15 is 0 Å². The summed E-state index contributed by atoms with van der Waals surface area (Å²) in [4.78, 5) is 20.0. The van der Waals surface area contributed by atoms with Crippen LogP contribution in [0.3, 0.4) is 0 Å². The lowest BCUT2D eigenvalue weighted by atomic mass is 10.2. The highest BCUT2D eigenvalue weighted by molar-refractivity contribution is 7.09. The molecule has 0 aliphatic carbocycles. The van der Waals surface area contributed by atoms with Crippen LogP contribution < -0.4 is 11.1 Å². The second-order valence-corrected chi connectivity index (χ2v) is 4.96. The van der Waals surface area contributed by atoms with Crippen LogP contribution in [0.2, 0.25) is 0 Å². The molecule has 3 N–H and O–H groups in total. The summed E-state index contributed by atoms with van der Waals surface area (Å²) in [5, 5.41) is 5.75. The third-order valence-corrected chi connectivity index (χ3v) is 3.14. The maximum atomic E-state index is 11.7. The summed E-state index contributed by atoms with van der Waals surface area (Å²) in [5.74, 6) is -0.0714. The molecule has 0 atom stereocenters. The van der Waals surface area contributed by atoms with E-state index in [1.807, 2.05) is 12.3 Å². The Bertz CT molecular complexity index is 535. The number of carbonyl (C=O) groups excluding carboxylic acids is 1. The summed E-state index contributed by atoms with van der Waals surface area (Å²) < 4.78 is 0. The van der Waals surface area contributed by atoms with Gasteiger partial charge in [0.25, 0.3) is 0 Å². The zero-order valence-corrected chi connectivity index (χ0v) is 10.8. The molecule has 0 aliphatic heterocycles. The van der Waals surface area contributed by atoms with Crippen LogP contribution in [-0.2, 0) is 17.8 Å². The van der Waals surface area contributed by atoms with Crippen molar-refractivity contribution in [2.45, 2.75) is 19.9 Å². The number of nitrogen functional groups attached to an aromatic ring is 1. The van der Waals surface area contributed by atoms with E-state index in [2.05, 4.69) is 15.3 Å². The average molecular weight is 262 g/mol. The van der Waals surface area contributed by atoms with E-state index in [1.54, 1.807) is 29.7 Å². The normalized spacial score (nSPS) is 10.3. The number of rotatable bonds is 4. The first kappa shape index (κ1) is 12.5. The Kier molecular flexibility index (Phi) is 3.88. The van der Waals surface area contributed by atoms with E-state index in [9.17, 15) is 4.79 Å². The van der Waals surface area contributed by atoms with Gasteiger partial charge in [0.1, 0.15) is 0 Å². The molecule has 0 aliphatic rings. The van der Waals surface area contributed by atoms with Crippen molar-refractivity contribution in [1.82, 2.24) is 15.3 Å². The van der Waals surface area contributed by atoms with Gasteiger partial charge in [0.15, 0.2) is 0 Å². The summed E-state index contributed by atoms with van der Waals surface area (Å²) in [6, 6.07) is 3.49. The summed E-state index contributed by atoms with van der Waals surface area (Å²) >= 11 is 1.57. The smallest absolute Gasteiger partial charge is 0.226 e. The summed E-state index contributed by atoms with van der Waals surface area (Å²) in [6.45, 7) is 2.40. The van der Waals surface area contributed by atoms with Gasteiger partial charge in [0, 0.05) is 11.1 Å². The number of carbonyl (C=O) groups is 1. The summed E-state index contributed by atoms with van der Waals surface area (Å²) in [7, 11) is 0. The average Bonchev–Trinajstić information content (AvgIpc) is 2.76. The van der Waals surface area contributed by atoms with Crippen LogP contribution in [0, 0.1) is 6.92 Å². The standard InChI is InChI=1S/C12H14N4OS/c1-8-16-11(7-18-8)6-15-12(17)4-10-3-2-9(13)5-14-10/h2-3,5,7H,4,6,13H2,1H3,(H,15,17). The lowest BCUT2D eigenvalue weighted by Gasteiger charge is -2.03. The molecule has 0 fully saturated rings. The number of nitrogens with two attached hydrogens (primary N) is 1. The molecule has 6 heteroatoms.